The molecular weight excluding hydrogens is 334 g/mol. The van der Waals surface area contributed by atoms with E-state index >= 15 is 0 Å². The lowest BCUT2D eigenvalue weighted by Crippen LogP contribution is -2.57. The lowest BCUT2D eigenvalue weighted by Gasteiger charge is -2.39. The third kappa shape index (κ3) is 3.63. The molecule has 5 nitrogen and oxygen atoms in total. The van der Waals surface area contributed by atoms with Crippen molar-refractivity contribution in [2.24, 2.45) is 4.99 Å². The van der Waals surface area contributed by atoms with Crippen molar-refractivity contribution < 1.29 is 8.42 Å². The third-order valence-corrected chi connectivity index (χ3v) is 7.35. The first kappa shape index (κ1) is 17.7. The maximum Gasteiger partial charge on any atom is 0.193 e. The first-order chi connectivity index (χ1) is 11.8. The number of hydrogen-bond acceptors (Lipinski definition) is 3. The summed E-state index contributed by atoms with van der Waals surface area (Å²) in [4.78, 5) is 6.37. The summed E-state index contributed by atoms with van der Waals surface area (Å²) in [6.45, 7) is 5.15. The van der Waals surface area contributed by atoms with Crippen LogP contribution >= 0.6 is 0 Å². The fraction of sp³-hybridized carbons (Fsp3) is 0.421. The number of rotatable bonds is 2. The minimum absolute atomic E-state index is 0.163. The van der Waals surface area contributed by atoms with E-state index in [1.807, 2.05) is 17.0 Å². The minimum Gasteiger partial charge on any atom is -0.352 e. The molecule has 25 heavy (non-hydrogen) atoms. The van der Waals surface area contributed by atoms with Crippen molar-refractivity contribution >= 4 is 26.6 Å². The Morgan fingerprint density at radius 2 is 1.92 bits per heavy atom. The number of aliphatic imine (C=N–C) groups is 1. The lowest BCUT2D eigenvalue weighted by atomic mass is 10.1. The summed E-state index contributed by atoms with van der Waals surface area (Å²) in [7, 11) is -1.32. The second kappa shape index (κ2) is 6.67. The van der Waals surface area contributed by atoms with Crippen molar-refractivity contribution in [1.29, 1.82) is 0 Å². The molecule has 0 atom stereocenters. The largest absolute Gasteiger partial charge is 0.352 e. The van der Waals surface area contributed by atoms with Crippen LogP contribution in [0.25, 0.3) is 10.8 Å². The molecule has 0 spiro atoms. The van der Waals surface area contributed by atoms with E-state index in [1.54, 1.807) is 20.9 Å². The van der Waals surface area contributed by atoms with Gasteiger partial charge in [0.15, 0.2) is 15.8 Å². The van der Waals surface area contributed by atoms with Crippen LogP contribution < -0.4 is 5.32 Å². The molecular formula is C19H25N3O2S. The van der Waals surface area contributed by atoms with E-state index in [0.29, 0.717) is 19.6 Å². The molecule has 1 fully saturated rings. The molecule has 1 heterocycles. The Morgan fingerprint density at radius 3 is 2.60 bits per heavy atom. The van der Waals surface area contributed by atoms with E-state index < -0.39 is 14.6 Å². The Hall–Kier alpha value is -2.08. The Labute approximate surface area is 149 Å². The highest BCUT2D eigenvalue weighted by Gasteiger charge is 2.40. The fourth-order valence-corrected chi connectivity index (χ4v) is 4.55. The first-order valence-corrected chi connectivity index (χ1v) is 10.1. The Bertz CT molecular complexity index is 904. The van der Waals surface area contributed by atoms with Gasteiger partial charge in [-0.15, -0.1) is 0 Å². The summed E-state index contributed by atoms with van der Waals surface area (Å²) in [5, 5.41) is 5.80. The molecule has 6 heteroatoms. The van der Waals surface area contributed by atoms with Gasteiger partial charge in [-0.25, -0.2) is 8.42 Å². The van der Waals surface area contributed by atoms with Crippen molar-refractivity contribution in [2.75, 3.05) is 25.9 Å². The van der Waals surface area contributed by atoms with Crippen LogP contribution in [0.3, 0.4) is 0 Å². The number of fused-ring (bicyclic) bond motifs is 1. The molecule has 3 rings (SSSR count). The van der Waals surface area contributed by atoms with Crippen molar-refractivity contribution in [3.8, 4) is 0 Å². The van der Waals surface area contributed by atoms with Crippen LogP contribution in [-0.2, 0) is 16.4 Å². The van der Waals surface area contributed by atoms with E-state index in [4.69, 9.17) is 0 Å². The van der Waals surface area contributed by atoms with Gasteiger partial charge in [-0.2, -0.15) is 0 Å². The van der Waals surface area contributed by atoms with E-state index in [9.17, 15) is 8.42 Å². The van der Waals surface area contributed by atoms with Gasteiger partial charge in [0.1, 0.15) is 0 Å². The normalized spacial score (nSPS) is 19.8. The quantitative estimate of drug-likeness (QED) is 0.661. The van der Waals surface area contributed by atoms with E-state index in [2.05, 4.69) is 40.6 Å². The van der Waals surface area contributed by atoms with Gasteiger partial charge >= 0.3 is 0 Å². The number of benzene rings is 2. The number of guanidine groups is 1. The SMILES string of the molecule is CN=C(NCc1ccc2ccccc2c1)N1CCS(=O)(=O)C(C)(C)C1. The van der Waals surface area contributed by atoms with Crippen LogP contribution in [0.4, 0.5) is 0 Å². The average Bonchev–Trinajstić information content (AvgIpc) is 2.58. The summed E-state index contributed by atoms with van der Waals surface area (Å²) >= 11 is 0. The van der Waals surface area contributed by atoms with Gasteiger partial charge in [-0.1, -0.05) is 36.4 Å². The minimum atomic E-state index is -3.05. The predicted molar refractivity (Wildman–Crippen MR) is 104 cm³/mol. The molecule has 0 aliphatic carbocycles. The maximum atomic E-state index is 12.2. The average molecular weight is 359 g/mol. The van der Waals surface area contributed by atoms with Crippen LogP contribution in [0.2, 0.25) is 0 Å². The molecule has 2 aromatic rings. The standard InChI is InChI=1S/C19H25N3O2S/c1-19(2)14-22(10-11-25(19,23)24)18(20-3)21-13-15-8-9-16-6-4-5-7-17(16)12-15/h4-9,12H,10-11,13-14H2,1-3H3,(H,20,21). The van der Waals surface area contributed by atoms with Gasteiger partial charge in [0.2, 0.25) is 0 Å². The molecule has 0 bridgehead atoms. The monoisotopic (exact) mass is 359 g/mol. The summed E-state index contributed by atoms with van der Waals surface area (Å²) in [5.41, 5.74) is 1.17. The van der Waals surface area contributed by atoms with Crippen LogP contribution in [0.1, 0.15) is 19.4 Å². The number of nitrogens with one attached hydrogen (secondary N) is 1. The van der Waals surface area contributed by atoms with Gasteiger partial charge in [-0.3, -0.25) is 4.99 Å². The highest BCUT2D eigenvalue weighted by molar-refractivity contribution is 7.92. The van der Waals surface area contributed by atoms with Crippen LogP contribution in [-0.4, -0.2) is 49.9 Å². The molecule has 134 valence electrons. The van der Waals surface area contributed by atoms with Crippen LogP contribution in [0, 0.1) is 0 Å². The van der Waals surface area contributed by atoms with E-state index in [0.717, 1.165) is 5.96 Å². The van der Waals surface area contributed by atoms with Crippen molar-refractivity contribution in [3.05, 3.63) is 48.0 Å². The second-order valence-electron chi connectivity index (χ2n) is 7.08. The van der Waals surface area contributed by atoms with Crippen molar-refractivity contribution in [2.45, 2.75) is 25.1 Å². The predicted octanol–water partition coefficient (Wildman–Crippen LogP) is 2.42. The zero-order valence-corrected chi connectivity index (χ0v) is 15.8. The first-order valence-electron chi connectivity index (χ1n) is 8.48. The molecule has 0 aromatic heterocycles. The Balaban J connectivity index is 1.70. The lowest BCUT2D eigenvalue weighted by molar-refractivity contribution is 0.353. The summed E-state index contributed by atoms with van der Waals surface area (Å²) in [6.07, 6.45) is 0. The van der Waals surface area contributed by atoms with Gasteiger partial charge in [-0.05, 0) is 36.2 Å². The van der Waals surface area contributed by atoms with Crippen LogP contribution in [0.5, 0.6) is 0 Å². The molecule has 1 N–H and O–H groups in total. The van der Waals surface area contributed by atoms with Gasteiger partial charge in [0.25, 0.3) is 0 Å². The third-order valence-electron chi connectivity index (χ3n) is 4.82. The topological polar surface area (TPSA) is 61.8 Å². The Morgan fingerprint density at radius 1 is 1.20 bits per heavy atom. The van der Waals surface area contributed by atoms with Gasteiger partial charge < -0.3 is 10.2 Å². The smallest absolute Gasteiger partial charge is 0.193 e. The van der Waals surface area contributed by atoms with E-state index in [1.165, 1.54) is 16.3 Å². The molecule has 1 aliphatic heterocycles. The molecule has 1 saturated heterocycles. The molecule has 0 unspecified atom stereocenters. The molecule has 1 aliphatic rings. The van der Waals surface area contributed by atoms with Gasteiger partial charge in [0.05, 0.1) is 10.5 Å². The van der Waals surface area contributed by atoms with E-state index in [-0.39, 0.29) is 5.75 Å². The van der Waals surface area contributed by atoms with Crippen molar-refractivity contribution in [1.82, 2.24) is 10.2 Å². The number of sulfone groups is 1. The second-order valence-corrected chi connectivity index (χ2v) is 9.83. The fourth-order valence-electron chi connectivity index (χ4n) is 3.19. The number of nitrogens with zero attached hydrogens (tertiary/aromatic N) is 2. The number of hydrogen-bond donors (Lipinski definition) is 1. The van der Waals surface area contributed by atoms with Gasteiger partial charge in [0, 0.05) is 26.7 Å². The highest BCUT2D eigenvalue weighted by atomic mass is 32.2. The highest BCUT2D eigenvalue weighted by Crippen LogP contribution is 2.23. The van der Waals surface area contributed by atoms with Crippen molar-refractivity contribution in [3.63, 3.8) is 0 Å². The Kier molecular flexibility index (Phi) is 4.73. The summed E-state index contributed by atoms with van der Waals surface area (Å²) in [5.74, 6) is 0.910. The zero-order valence-electron chi connectivity index (χ0n) is 15.0. The van der Waals surface area contributed by atoms with Crippen LogP contribution in [0.15, 0.2) is 47.5 Å². The maximum absolute atomic E-state index is 12.2. The molecule has 2 aromatic carbocycles. The summed E-state index contributed by atoms with van der Waals surface area (Å²) in [6, 6.07) is 14.7. The molecule has 0 radical (unpaired) electrons. The summed E-state index contributed by atoms with van der Waals surface area (Å²) < 4.78 is 23.6. The zero-order chi connectivity index (χ0) is 18.1. The molecule has 0 amide bonds. The molecule has 0 saturated carbocycles.